The average Bonchev–Trinajstić information content (AvgIpc) is 3.58. The normalized spacial score (nSPS) is 12.6. The first-order valence-electron chi connectivity index (χ1n) is 17.4. The number of phenolic OH excluding ortho intramolecular Hbond substituents is 2. The third kappa shape index (κ3) is 16.8. The van der Waals surface area contributed by atoms with E-state index in [1.165, 1.54) is 24.3 Å². The molecule has 300 valence electrons. The van der Waals surface area contributed by atoms with Gasteiger partial charge >= 0.3 is 23.9 Å². The fourth-order valence-corrected chi connectivity index (χ4v) is 4.74. The van der Waals surface area contributed by atoms with Gasteiger partial charge in [0.25, 0.3) is 0 Å². The van der Waals surface area contributed by atoms with E-state index in [1.807, 2.05) is 42.6 Å². The van der Waals surface area contributed by atoms with Crippen LogP contribution in [0.15, 0.2) is 104 Å². The average molecular weight is 775 g/mol. The zero-order valence-corrected chi connectivity index (χ0v) is 31.0. The Hall–Kier alpha value is -6.33. The van der Waals surface area contributed by atoms with Gasteiger partial charge in [0, 0.05) is 42.5 Å². The van der Waals surface area contributed by atoms with Crippen molar-refractivity contribution < 1.29 is 49.8 Å². The molecule has 4 atom stereocenters. The number of phenols is 2. The molecule has 2 heterocycles. The predicted octanol–water partition coefficient (Wildman–Crippen LogP) is 3.10. The molecule has 16 heteroatoms. The molecule has 0 unspecified atom stereocenters. The van der Waals surface area contributed by atoms with Crippen LogP contribution < -0.4 is 22.5 Å². The number of carboxylic acid groups (broad SMARTS) is 4. The van der Waals surface area contributed by atoms with Crippen molar-refractivity contribution in [3.63, 3.8) is 0 Å². The van der Waals surface area contributed by atoms with Crippen LogP contribution in [0.5, 0.6) is 11.5 Å². The monoisotopic (exact) mass is 774 g/mol. The number of benzene rings is 3. The van der Waals surface area contributed by atoms with E-state index >= 15 is 0 Å². The van der Waals surface area contributed by atoms with E-state index in [9.17, 15) is 24.3 Å². The summed E-state index contributed by atoms with van der Waals surface area (Å²) in [4.78, 5) is 49.4. The number of H-pyrrole nitrogens is 1. The SMILES string of the molecule is CC(C)[C@H](N)C(=O)O.N[C@@H](Cc1ccc(O)cc1)C(=O)O.N[C@@H](Cc1ccc(O)cc1)C(=O)O.O=C(O)[C@H](Cc1c[nH]c2ccccc12)NCc1ccncc1. The number of fused-ring (bicyclic) bond motifs is 1. The first-order chi connectivity index (χ1) is 26.5. The number of aromatic hydroxyl groups is 2. The third-order valence-corrected chi connectivity index (χ3v) is 8.12. The van der Waals surface area contributed by atoms with Crippen molar-refractivity contribution in [3.8, 4) is 11.5 Å². The summed E-state index contributed by atoms with van der Waals surface area (Å²) in [6, 6.07) is 21.2. The van der Waals surface area contributed by atoms with Crippen LogP contribution in [0.25, 0.3) is 10.9 Å². The summed E-state index contributed by atoms with van der Waals surface area (Å²) in [6.07, 6.45) is 6.27. The largest absolute Gasteiger partial charge is 0.508 e. The highest BCUT2D eigenvalue weighted by Gasteiger charge is 2.19. The van der Waals surface area contributed by atoms with Crippen molar-refractivity contribution in [3.05, 3.63) is 126 Å². The molecule has 0 amide bonds. The van der Waals surface area contributed by atoms with Crippen LogP contribution in [-0.4, -0.2) is 88.7 Å². The number of nitrogens with one attached hydrogen (secondary N) is 2. The Balaban J connectivity index is 0.000000277. The minimum absolute atomic E-state index is 0.0208. The predicted molar refractivity (Wildman–Crippen MR) is 210 cm³/mol. The molecular weight excluding hydrogens is 724 g/mol. The Morgan fingerprint density at radius 2 is 1.12 bits per heavy atom. The molecule has 0 spiro atoms. The minimum Gasteiger partial charge on any atom is -0.508 e. The lowest BCUT2D eigenvalue weighted by molar-refractivity contribution is -0.140. The molecule has 56 heavy (non-hydrogen) atoms. The molecule has 2 aromatic heterocycles. The van der Waals surface area contributed by atoms with Gasteiger partial charge in [-0.3, -0.25) is 24.2 Å². The molecule has 14 N–H and O–H groups in total. The van der Waals surface area contributed by atoms with Gasteiger partial charge in [-0.15, -0.1) is 0 Å². The van der Waals surface area contributed by atoms with Crippen LogP contribution in [0.3, 0.4) is 0 Å². The number of hydrogen-bond donors (Lipinski definition) is 11. The van der Waals surface area contributed by atoms with E-state index in [2.05, 4.69) is 15.3 Å². The Bertz CT molecular complexity index is 1890. The molecule has 0 aliphatic rings. The van der Waals surface area contributed by atoms with Gasteiger partial charge in [0.1, 0.15) is 35.7 Å². The van der Waals surface area contributed by atoms with Crippen LogP contribution in [0.1, 0.15) is 36.1 Å². The molecule has 0 aliphatic heterocycles. The van der Waals surface area contributed by atoms with Crippen molar-refractivity contribution in [1.82, 2.24) is 15.3 Å². The maximum absolute atomic E-state index is 11.5. The molecule has 3 aromatic carbocycles. The van der Waals surface area contributed by atoms with Crippen LogP contribution in [-0.2, 0) is 45.0 Å². The number of carboxylic acids is 4. The summed E-state index contributed by atoms with van der Waals surface area (Å²) in [5.41, 5.74) is 20.4. The molecule has 5 aromatic rings. The number of aliphatic carboxylic acids is 4. The molecule has 16 nitrogen and oxygen atoms in total. The number of pyridine rings is 1. The van der Waals surface area contributed by atoms with E-state index in [0.717, 1.165) is 33.2 Å². The summed E-state index contributed by atoms with van der Waals surface area (Å²) in [5.74, 6) is -3.48. The van der Waals surface area contributed by atoms with Gasteiger partial charge in [0.2, 0.25) is 0 Å². The lowest BCUT2D eigenvalue weighted by Crippen LogP contribution is -2.38. The number of para-hydroxylation sites is 1. The fraction of sp³-hybridized carbons (Fsp3) is 0.275. The summed E-state index contributed by atoms with van der Waals surface area (Å²) < 4.78 is 0. The topological polar surface area (TPSA) is 308 Å². The van der Waals surface area contributed by atoms with Gasteiger partial charge in [0.05, 0.1) is 0 Å². The molecule has 0 fully saturated rings. The number of aromatic amines is 1. The number of hydrogen-bond acceptors (Lipinski definition) is 11. The van der Waals surface area contributed by atoms with Crippen molar-refractivity contribution in [1.29, 1.82) is 0 Å². The zero-order chi connectivity index (χ0) is 41.8. The summed E-state index contributed by atoms with van der Waals surface area (Å²) in [6.45, 7) is 4.05. The van der Waals surface area contributed by atoms with Crippen LogP contribution in [0.4, 0.5) is 0 Å². The third-order valence-electron chi connectivity index (χ3n) is 8.12. The Kier molecular flexibility index (Phi) is 19.2. The highest BCUT2D eigenvalue weighted by Crippen LogP contribution is 2.19. The standard InChI is InChI=1S/C17H17N3O2.2C9H11NO3.C5H11NO2/c21-17(22)16(19-10-12-5-7-18-8-6-12)9-13-11-20-15-4-2-1-3-14(13)15;2*10-8(9(12)13)5-6-1-3-7(11)4-2-6;1-3(2)4(6)5(7)8/h1-8,11,16,19-20H,9-10H2,(H,21,22);2*1-4,8,11H,5,10H2,(H,12,13);3-4H,6H2,1-2H3,(H,7,8)/t16-;2*8-;4-/m0000/s1. The van der Waals surface area contributed by atoms with Crippen LogP contribution >= 0.6 is 0 Å². The van der Waals surface area contributed by atoms with Gasteiger partial charge in [-0.25, -0.2) is 0 Å². The fourth-order valence-electron chi connectivity index (χ4n) is 4.74. The molecule has 0 bridgehead atoms. The van der Waals surface area contributed by atoms with Gasteiger partial charge in [-0.1, -0.05) is 56.3 Å². The second-order valence-electron chi connectivity index (χ2n) is 12.9. The van der Waals surface area contributed by atoms with Crippen molar-refractivity contribution >= 4 is 34.8 Å². The van der Waals surface area contributed by atoms with E-state index in [4.69, 9.17) is 42.7 Å². The van der Waals surface area contributed by atoms with E-state index in [1.54, 1.807) is 50.5 Å². The van der Waals surface area contributed by atoms with E-state index in [-0.39, 0.29) is 30.3 Å². The quantitative estimate of drug-likeness (QED) is 0.0772. The zero-order valence-electron chi connectivity index (χ0n) is 31.0. The number of rotatable bonds is 14. The molecule has 0 saturated heterocycles. The van der Waals surface area contributed by atoms with Crippen LogP contribution in [0.2, 0.25) is 0 Å². The second kappa shape index (κ2) is 23.5. The number of nitrogens with zero attached hydrogens (tertiary/aromatic N) is 1. The Morgan fingerprint density at radius 3 is 1.54 bits per heavy atom. The van der Waals surface area contributed by atoms with Gasteiger partial charge in [0.15, 0.2) is 0 Å². The summed E-state index contributed by atoms with van der Waals surface area (Å²) in [7, 11) is 0. The number of nitrogens with two attached hydrogens (primary N) is 3. The summed E-state index contributed by atoms with van der Waals surface area (Å²) >= 11 is 0. The van der Waals surface area contributed by atoms with E-state index < -0.39 is 48.0 Å². The highest BCUT2D eigenvalue weighted by atomic mass is 16.4. The smallest absolute Gasteiger partial charge is 0.321 e. The first kappa shape index (κ1) is 45.8. The molecule has 0 saturated carbocycles. The van der Waals surface area contributed by atoms with E-state index in [0.29, 0.717) is 13.0 Å². The Labute approximate surface area is 323 Å². The lowest BCUT2D eigenvalue weighted by atomic mass is 10.0. The van der Waals surface area contributed by atoms with Gasteiger partial charge in [-0.05, 0) is 83.5 Å². The lowest BCUT2D eigenvalue weighted by Gasteiger charge is -2.14. The maximum Gasteiger partial charge on any atom is 0.321 e. The molecular formula is C40H50N6O10. The highest BCUT2D eigenvalue weighted by molar-refractivity contribution is 5.84. The molecule has 0 radical (unpaired) electrons. The summed E-state index contributed by atoms with van der Waals surface area (Å²) in [5, 5.41) is 56.8. The van der Waals surface area contributed by atoms with Gasteiger partial charge < -0.3 is 58.1 Å². The number of carbonyl (C=O) groups is 4. The molecule has 0 aliphatic carbocycles. The Morgan fingerprint density at radius 1 is 0.643 bits per heavy atom. The second-order valence-corrected chi connectivity index (χ2v) is 12.9. The van der Waals surface area contributed by atoms with Crippen molar-refractivity contribution in [2.75, 3.05) is 0 Å². The molecule has 5 rings (SSSR count). The first-order valence-corrected chi connectivity index (χ1v) is 17.4. The minimum atomic E-state index is -1.02. The van der Waals surface area contributed by atoms with Gasteiger partial charge in [-0.2, -0.15) is 0 Å². The van der Waals surface area contributed by atoms with Crippen molar-refractivity contribution in [2.24, 2.45) is 23.1 Å². The maximum atomic E-state index is 11.5. The number of aromatic nitrogens is 2. The van der Waals surface area contributed by atoms with Crippen LogP contribution in [0, 0.1) is 5.92 Å². The van der Waals surface area contributed by atoms with Crippen molar-refractivity contribution in [2.45, 2.75) is 63.8 Å².